The van der Waals surface area contributed by atoms with Gasteiger partial charge in [-0.3, -0.25) is 0 Å². The molecule has 0 bridgehead atoms. The molecule has 3 nitrogen and oxygen atoms in total. The summed E-state index contributed by atoms with van der Waals surface area (Å²) in [7, 11) is 2.06. The van der Waals surface area contributed by atoms with Gasteiger partial charge in [-0.05, 0) is 56.3 Å². The van der Waals surface area contributed by atoms with Gasteiger partial charge >= 0.3 is 0 Å². The molecule has 3 heteroatoms. The Balaban J connectivity index is 2.26. The molecule has 20 heavy (non-hydrogen) atoms. The lowest BCUT2D eigenvalue weighted by Crippen LogP contribution is -2.42. The highest BCUT2D eigenvalue weighted by molar-refractivity contribution is 5.48. The number of nitrogens with one attached hydrogen (secondary N) is 2. The highest BCUT2D eigenvalue weighted by atomic mass is 15.2. The Hall–Kier alpha value is -1.74. The van der Waals surface area contributed by atoms with Crippen LogP contribution in [0.2, 0.25) is 0 Å². The lowest BCUT2D eigenvalue weighted by atomic mass is 9.99. The van der Waals surface area contributed by atoms with Crippen molar-refractivity contribution >= 4 is 5.69 Å². The van der Waals surface area contributed by atoms with Gasteiger partial charge in [0.15, 0.2) is 0 Å². The van der Waals surface area contributed by atoms with Crippen LogP contribution >= 0.6 is 0 Å². The lowest BCUT2D eigenvalue weighted by molar-refractivity contribution is 0.387. The van der Waals surface area contributed by atoms with Crippen molar-refractivity contribution < 1.29 is 0 Å². The third-order valence-electron chi connectivity index (χ3n) is 3.89. The van der Waals surface area contributed by atoms with Crippen LogP contribution in [-0.2, 0) is 0 Å². The van der Waals surface area contributed by atoms with Crippen molar-refractivity contribution in [1.29, 1.82) is 0 Å². The van der Waals surface area contributed by atoms with E-state index in [1.54, 1.807) is 0 Å². The number of aryl methyl sites for hydroxylation is 1. The molecule has 1 aromatic rings. The summed E-state index contributed by atoms with van der Waals surface area (Å²) < 4.78 is 0. The normalized spacial score (nSPS) is 16.8. The van der Waals surface area contributed by atoms with E-state index in [4.69, 9.17) is 0 Å². The minimum absolute atomic E-state index is 0.155. The number of likely N-dealkylation sites (N-methyl/N-ethyl adjacent to an activating group) is 1. The Labute approximate surface area is 122 Å². The molecule has 0 aromatic heterocycles. The second-order valence-corrected chi connectivity index (χ2v) is 5.50. The van der Waals surface area contributed by atoms with Crippen LogP contribution in [-0.4, -0.2) is 31.2 Å². The molecule has 1 aliphatic heterocycles. The fourth-order valence-electron chi connectivity index (χ4n) is 2.57. The minimum Gasteiger partial charge on any atom is -0.362 e. The SMILES string of the molecule is C=CN(C)C(Nc1cccc(C)c1)C1=C(C)CCNC1. The van der Waals surface area contributed by atoms with Crippen LogP contribution in [0, 0.1) is 6.92 Å². The van der Waals surface area contributed by atoms with Gasteiger partial charge in [0.1, 0.15) is 6.17 Å². The molecule has 1 aromatic carbocycles. The summed E-state index contributed by atoms with van der Waals surface area (Å²) in [6.45, 7) is 10.3. The van der Waals surface area contributed by atoms with E-state index < -0.39 is 0 Å². The molecule has 0 radical (unpaired) electrons. The molecule has 1 atom stereocenters. The standard InChI is InChI=1S/C17H25N3/c1-5-20(4)17(16-12-18-10-9-14(16)3)19-15-8-6-7-13(2)11-15/h5-8,11,17-19H,1,9-10,12H2,2-4H3. The number of anilines is 1. The van der Waals surface area contributed by atoms with Crippen LogP contribution in [0.3, 0.4) is 0 Å². The summed E-state index contributed by atoms with van der Waals surface area (Å²) in [5.41, 5.74) is 5.31. The van der Waals surface area contributed by atoms with Crippen molar-refractivity contribution in [2.75, 3.05) is 25.5 Å². The molecular formula is C17H25N3. The van der Waals surface area contributed by atoms with Gasteiger partial charge in [0.05, 0.1) is 0 Å². The van der Waals surface area contributed by atoms with E-state index in [0.29, 0.717) is 0 Å². The van der Waals surface area contributed by atoms with Gasteiger partial charge in [0.25, 0.3) is 0 Å². The summed E-state index contributed by atoms with van der Waals surface area (Å²) in [4.78, 5) is 2.13. The fourth-order valence-corrected chi connectivity index (χ4v) is 2.57. The maximum absolute atomic E-state index is 3.90. The average molecular weight is 271 g/mol. The molecule has 2 N–H and O–H groups in total. The summed E-state index contributed by atoms with van der Waals surface area (Å²) in [5, 5.41) is 7.09. The first-order valence-electron chi connectivity index (χ1n) is 7.18. The summed E-state index contributed by atoms with van der Waals surface area (Å²) in [5.74, 6) is 0. The largest absolute Gasteiger partial charge is 0.362 e. The summed E-state index contributed by atoms with van der Waals surface area (Å²) in [6.07, 6.45) is 3.15. The zero-order valence-electron chi connectivity index (χ0n) is 12.7. The van der Waals surface area contributed by atoms with Gasteiger partial charge in [0, 0.05) is 19.3 Å². The second kappa shape index (κ2) is 6.62. The van der Waals surface area contributed by atoms with Crippen molar-refractivity contribution in [2.45, 2.75) is 26.4 Å². The molecule has 2 rings (SSSR count). The van der Waals surface area contributed by atoms with Crippen LogP contribution < -0.4 is 10.6 Å². The molecule has 0 saturated heterocycles. The molecule has 0 aliphatic carbocycles. The Kier molecular flexibility index (Phi) is 4.85. The molecule has 0 fully saturated rings. The van der Waals surface area contributed by atoms with Gasteiger partial charge in [-0.1, -0.05) is 24.3 Å². The predicted octanol–water partition coefficient (Wildman–Crippen LogP) is 3.12. The second-order valence-electron chi connectivity index (χ2n) is 5.50. The van der Waals surface area contributed by atoms with E-state index in [1.165, 1.54) is 16.7 Å². The van der Waals surface area contributed by atoms with E-state index in [9.17, 15) is 0 Å². The fraction of sp³-hybridized carbons (Fsp3) is 0.412. The number of hydrogen-bond donors (Lipinski definition) is 2. The summed E-state index contributed by atoms with van der Waals surface area (Å²) in [6, 6.07) is 8.49. The van der Waals surface area contributed by atoms with Crippen molar-refractivity contribution in [2.24, 2.45) is 0 Å². The van der Waals surface area contributed by atoms with Crippen LogP contribution in [0.1, 0.15) is 18.9 Å². The van der Waals surface area contributed by atoms with E-state index >= 15 is 0 Å². The van der Waals surface area contributed by atoms with Gasteiger partial charge < -0.3 is 15.5 Å². The molecule has 0 saturated carbocycles. The molecular weight excluding hydrogens is 246 g/mol. The zero-order chi connectivity index (χ0) is 14.5. The highest BCUT2D eigenvalue weighted by Gasteiger charge is 2.21. The topological polar surface area (TPSA) is 27.3 Å². The van der Waals surface area contributed by atoms with Gasteiger partial charge in [-0.25, -0.2) is 0 Å². The Morgan fingerprint density at radius 2 is 2.20 bits per heavy atom. The van der Waals surface area contributed by atoms with E-state index in [-0.39, 0.29) is 6.17 Å². The predicted molar refractivity (Wildman–Crippen MR) is 86.7 cm³/mol. The maximum Gasteiger partial charge on any atom is 0.122 e. The summed E-state index contributed by atoms with van der Waals surface area (Å²) >= 11 is 0. The smallest absolute Gasteiger partial charge is 0.122 e. The number of benzene rings is 1. The van der Waals surface area contributed by atoms with Gasteiger partial charge in [-0.2, -0.15) is 0 Å². The zero-order valence-corrected chi connectivity index (χ0v) is 12.7. The van der Waals surface area contributed by atoms with Crippen molar-refractivity contribution in [3.05, 3.63) is 53.8 Å². The number of rotatable bonds is 5. The van der Waals surface area contributed by atoms with Crippen LogP contribution in [0.25, 0.3) is 0 Å². The van der Waals surface area contributed by atoms with Crippen molar-refractivity contribution in [1.82, 2.24) is 10.2 Å². The lowest BCUT2D eigenvalue weighted by Gasteiger charge is -2.34. The van der Waals surface area contributed by atoms with Crippen LogP contribution in [0.5, 0.6) is 0 Å². The van der Waals surface area contributed by atoms with Crippen LogP contribution in [0.15, 0.2) is 48.2 Å². The van der Waals surface area contributed by atoms with E-state index in [0.717, 1.165) is 25.2 Å². The van der Waals surface area contributed by atoms with Gasteiger partial charge in [0.2, 0.25) is 0 Å². The monoisotopic (exact) mass is 271 g/mol. The third kappa shape index (κ3) is 3.42. The number of nitrogens with zero attached hydrogens (tertiary/aromatic N) is 1. The highest BCUT2D eigenvalue weighted by Crippen LogP contribution is 2.21. The molecule has 108 valence electrons. The first-order valence-corrected chi connectivity index (χ1v) is 7.18. The minimum atomic E-state index is 0.155. The molecule has 0 amide bonds. The molecule has 1 unspecified atom stereocenters. The molecule has 0 spiro atoms. The van der Waals surface area contributed by atoms with Crippen molar-refractivity contribution in [3.63, 3.8) is 0 Å². The number of hydrogen-bond acceptors (Lipinski definition) is 3. The Morgan fingerprint density at radius 3 is 2.85 bits per heavy atom. The first kappa shape index (κ1) is 14.7. The Bertz CT molecular complexity index is 505. The molecule has 1 heterocycles. The van der Waals surface area contributed by atoms with Crippen LogP contribution in [0.4, 0.5) is 5.69 Å². The quantitative estimate of drug-likeness (QED) is 0.636. The first-order chi connectivity index (χ1) is 9.61. The van der Waals surface area contributed by atoms with E-state index in [2.05, 4.69) is 67.3 Å². The third-order valence-corrected chi connectivity index (χ3v) is 3.89. The Morgan fingerprint density at radius 1 is 1.40 bits per heavy atom. The van der Waals surface area contributed by atoms with E-state index in [1.807, 2.05) is 6.20 Å². The maximum atomic E-state index is 3.90. The molecule has 1 aliphatic rings. The van der Waals surface area contributed by atoms with Crippen molar-refractivity contribution in [3.8, 4) is 0 Å². The average Bonchev–Trinajstić information content (AvgIpc) is 2.45. The van der Waals surface area contributed by atoms with Gasteiger partial charge in [-0.15, -0.1) is 0 Å².